The van der Waals surface area contributed by atoms with Gasteiger partial charge in [-0.15, -0.1) is 0 Å². The van der Waals surface area contributed by atoms with E-state index in [1.54, 1.807) is 0 Å². The summed E-state index contributed by atoms with van der Waals surface area (Å²) in [5.74, 6) is 1.68. The number of aromatic nitrogens is 3. The normalized spacial score (nSPS) is 18.2. The van der Waals surface area contributed by atoms with Crippen molar-refractivity contribution >= 4 is 34.4 Å². The standard InChI is InChI=1S/C13H18N6S/c1-8-16-12(20-18-8)17-10-7-15-11-9(5-6-14-11)19(10)13(2,3)4/h5-7,10,14H,1-4H3,(H,16,17,18). The van der Waals surface area contributed by atoms with Crippen molar-refractivity contribution in [1.29, 1.82) is 0 Å². The van der Waals surface area contributed by atoms with Crippen LogP contribution in [0, 0.1) is 6.92 Å². The van der Waals surface area contributed by atoms with Gasteiger partial charge in [0.05, 0.1) is 5.69 Å². The molecule has 1 unspecified atom stereocenters. The lowest BCUT2D eigenvalue weighted by Crippen LogP contribution is -2.53. The Kier molecular flexibility index (Phi) is 3.01. The van der Waals surface area contributed by atoms with Gasteiger partial charge in [0.15, 0.2) is 5.82 Å². The first-order valence-electron chi connectivity index (χ1n) is 6.53. The molecule has 0 fully saturated rings. The van der Waals surface area contributed by atoms with E-state index in [4.69, 9.17) is 0 Å². The maximum atomic E-state index is 4.47. The molecule has 6 nitrogen and oxygen atoms in total. The first-order valence-corrected chi connectivity index (χ1v) is 7.30. The van der Waals surface area contributed by atoms with Crippen LogP contribution in [0.1, 0.15) is 26.6 Å². The minimum Gasteiger partial charge on any atom is -0.345 e. The largest absolute Gasteiger partial charge is 0.345 e. The highest BCUT2D eigenvalue weighted by atomic mass is 32.1. The lowest BCUT2D eigenvalue weighted by Gasteiger charge is -2.43. The van der Waals surface area contributed by atoms with Crippen LogP contribution in [-0.2, 0) is 0 Å². The molecule has 0 spiro atoms. The minimum absolute atomic E-state index is 0.0364. The summed E-state index contributed by atoms with van der Waals surface area (Å²) in [5.41, 5.74) is 1.06. The Bertz CT molecular complexity index is 635. The predicted octanol–water partition coefficient (Wildman–Crippen LogP) is 2.93. The van der Waals surface area contributed by atoms with Gasteiger partial charge in [0, 0.05) is 29.5 Å². The Labute approximate surface area is 122 Å². The molecule has 20 heavy (non-hydrogen) atoms. The molecule has 2 N–H and O–H groups in total. The fourth-order valence-electron chi connectivity index (χ4n) is 2.37. The number of fused-ring (bicyclic) bond motifs is 1. The fraction of sp³-hybridized carbons (Fsp3) is 0.462. The van der Waals surface area contributed by atoms with Gasteiger partial charge >= 0.3 is 0 Å². The number of nitrogens with one attached hydrogen (secondary N) is 2. The molecule has 0 aliphatic carbocycles. The van der Waals surface area contributed by atoms with E-state index < -0.39 is 0 Å². The summed E-state index contributed by atoms with van der Waals surface area (Å²) >= 11 is 1.37. The molecule has 0 saturated carbocycles. The highest BCUT2D eigenvalue weighted by Crippen LogP contribution is 2.36. The SMILES string of the molecule is Cc1nsc(NC2C=Nc3[nH]ccc3N2C(C)(C)C)n1. The third-order valence-corrected chi connectivity index (χ3v) is 3.85. The van der Waals surface area contributed by atoms with E-state index in [1.165, 1.54) is 11.5 Å². The molecular formula is C13H18N6S. The monoisotopic (exact) mass is 290 g/mol. The van der Waals surface area contributed by atoms with Crippen LogP contribution in [0.4, 0.5) is 16.6 Å². The van der Waals surface area contributed by atoms with E-state index in [-0.39, 0.29) is 11.7 Å². The molecule has 3 rings (SSSR count). The van der Waals surface area contributed by atoms with E-state index >= 15 is 0 Å². The predicted molar refractivity (Wildman–Crippen MR) is 83.2 cm³/mol. The number of H-pyrrole nitrogens is 1. The van der Waals surface area contributed by atoms with Crippen LogP contribution in [-0.4, -0.2) is 32.3 Å². The number of aromatic amines is 1. The van der Waals surface area contributed by atoms with Gasteiger partial charge in [-0.3, -0.25) is 0 Å². The van der Waals surface area contributed by atoms with Crippen molar-refractivity contribution in [3.05, 3.63) is 18.1 Å². The molecule has 0 bridgehead atoms. The van der Waals surface area contributed by atoms with Crippen LogP contribution in [0.2, 0.25) is 0 Å². The van der Waals surface area contributed by atoms with Gasteiger partial charge in [-0.25, -0.2) is 9.98 Å². The van der Waals surface area contributed by atoms with Crippen LogP contribution < -0.4 is 10.2 Å². The number of aryl methyl sites for hydroxylation is 1. The van der Waals surface area contributed by atoms with Gasteiger partial charge in [-0.2, -0.15) is 4.37 Å². The molecule has 1 atom stereocenters. The van der Waals surface area contributed by atoms with Gasteiger partial charge in [0.2, 0.25) is 5.13 Å². The van der Waals surface area contributed by atoms with E-state index in [2.05, 4.69) is 56.4 Å². The molecule has 0 saturated heterocycles. The van der Waals surface area contributed by atoms with Crippen molar-refractivity contribution in [2.45, 2.75) is 39.4 Å². The summed E-state index contributed by atoms with van der Waals surface area (Å²) in [6.07, 6.45) is 3.78. The molecule has 3 heterocycles. The van der Waals surface area contributed by atoms with Gasteiger partial charge in [0.1, 0.15) is 12.0 Å². The van der Waals surface area contributed by atoms with Gasteiger partial charge in [-0.1, -0.05) is 0 Å². The van der Waals surface area contributed by atoms with Gasteiger partial charge in [0.25, 0.3) is 0 Å². The Morgan fingerprint density at radius 2 is 2.20 bits per heavy atom. The number of nitrogens with zero attached hydrogens (tertiary/aromatic N) is 4. The molecule has 0 aromatic carbocycles. The summed E-state index contributed by atoms with van der Waals surface area (Å²) in [6.45, 7) is 8.44. The number of hydrogen-bond donors (Lipinski definition) is 2. The van der Waals surface area contributed by atoms with Crippen molar-refractivity contribution in [2.75, 3.05) is 10.2 Å². The summed E-state index contributed by atoms with van der Waals surface area (Å²) < 4.78 is 4.20. The van der Waals surface area contributed by atoms with E-state index in [0.29, 0.717) is 0 Å². The Balaban J connectivity index is 1.93. The number of aliphatic imine (C=N–C) groups is 1. The van der Waals surface area contributed by atoms with Crippen LogP contribution in [0.25, 0.3) is 0 Å². The Hall–Kier alpha value is -1.89. The summed E-state index contributed by atoms with van der Waals surface area (Å²) in [6, 6.07) is 2.05. The van der Waals surface area contributed by atoms with Crippen molar-refractivity contribution in [3.8, 4) is 0 Å². The lowest BCUT2D eigenvalue weighted by atomic mass is 10.0. The molecule has 0 radical (unpaired) electrons. The van der Waals surface area contributed by atoms with Crippen LogP contribution >= 0.6 is 11.5 Å². The summed E-state index contributed by atoms with van der Waals surface area (Å²) in [7, 11) is 0. The Morgan fingerprint density at radius 3 is 2.85 bits per heavy atom. The van der Waals surface area contributed by atoms with Crippen LogP contribution in [0.3, 0.4) is 0 Å². The molecule has 2 aromatic heterocycles. The van der Waals surface area contributed by atoms with E-state index in [9.17, 15) is 0 Å². The van der Waals surface area contributed by atoms with Gasteiger partial charge in [-0.05, 0) is 33.8 Å². The van der Waals surface area contributed by atoms with Crippen molar-refractivity contribution < 1.29 is 0 Å². The molecular weight excluding hydrogens is 272 g/mol. The zero-order valence-corrected chi connectivity index (χ0v) is 12.8. The Morgan fingerprint density at radius 1 is 1.40 bits per heavy atom. The highest BCUT2D eigenvalue weighted by Gasteiger charge is 2.33. The summed E-state index contributed by atoms with van der Waals surface area (Å²) in [4.78, 5) is 14.3. The zero-order chi connectivity index (χ0) is 14.3. The maximum absolute atomic E-state index is 4.47. The third-order valence-electron chi connectivity index (χ3n) is 3.11. The topological polar surface area (TPSA) is 69.2 Å². The second-order valence-corrected chi connectivity index (χ2v) is 6.52. The number of anilines is 2. The third kappa shape index (κ3) is 2.29. The average Bonchev–Trinajstić information content (AvgIpc) is 2.96. The van der Waals surface area contributed by atoms with E-state index in [1.807, 2.05) is 19.3 Å². The molecule has 106 valence electrons. The lowest BCUT2D eigenvalue weighted by molar-refractivity contribution is 0.494. The fourth-order valence-corrected chi connectivity index (χ4v) is 2.98. The molecule has 1 aliphatic rings. The second kappa shape index (κ2) is 4.59. The molecule has 2 aromatic rings. The number of hydrogen-bond acceptors (Lipinski definition) is 6. The zero-order valence-electron chi connectivity index (χ0n) is 12.0. The number of rotatable bonds is 2. The first kappa shape index (κ1) is 13.1. The first-order chi connectivity index (χ1) is 9.45. The van der Waals surface area contributed by atoms with Gasteiger partial charge < -0.3 is 15.2 Å². The maximum Gasteiger partial charge on any atom is 0.204 e. The quantitative estimate of drug-likeness (QED) is 0.892. The van der Waals surface area contributed by atoms with E-state index in [0.717, 1.165) is 22.5 Å². The molecule has 7 heteroatoms. The molecule has 0 amide bonds. The van der Waals surface area contributed by atoms with Crippen molar-refractivity contribution in [2.24, 2.45) is 4.99 Å². The average molecular weight is 290 g/mol. The highest BCUT2D eigenvalue weighted by molar-refractivity contribution is 7.09. The van der Waals surface area contributed by atoms with Crippen molar-refractivity contribution in [1.82, 2.24) is 14.3 Å². The van der Waals surface area contributed by atoms with Crippen LogP contribution in [0.5, 0.6) is 0 Å². The second-order valence-electron chi connectivity index (χ2n) is 5.77. The molecule has 1 aliphatic heterocycles. The van der Waals surface area contributed by atoms with Crippen LogP contribution in [0.15, 0.2) is 17.3 Å². The van der Waals surface area contributed by atoms with Crippen molar-refractivity contribution in [3.63, 3.8) is 0 Å². The smallest absolute Gasteiger partial charge is 0.204 e. The summed E-state index contributed by atoms with van der Waals surface area (Å²) in [5, 5.41) is 4.21. The minimum atomic E-state index is -0.0409.